The summed E-state index contributed by atoms with van der Waals surface area (Å²) in [4.78, 5) is 4.80. The van der Waals surface area contributed by atoms with Crippen LogP contribution in [0.3, 0.4) is 0 Å². The molecule has 5 nitrogen and oxygen atoms in total. The minimum absolute atomic E-state index is 0.0342. The molecule has 0 radical (unpaired) electrons. The lowest BCUT2D eigenvalue weighted by Gasteiger charge is -2.31. The van der Waals surface area contributed by atoms with Gasteiger partial charge in [-0.1, -0.05) is 6.92 Å². The Morgan fingerprint density at radius 3 is 2.70 bits per heavy atom. The zero-order valence-corrected chi connectivity index (χ0v) is 13.5. The first kappa shape index (κ1) is 17.9. The molecule has 1 heterocycles. The molecule has 20 heavy (non-hydrogen) atoms. The van der Waals surface area contributed by atoms with Crippen molar-refractivity contribution in [2.24, 2.45) is 0 Å². The lowest BCUT2D eigenvalue weighted by atomic mass is 10.1. The fourth-order valence-corrected chi connectivity index (χ4v) is 2.80. The predicted octanol–water partition coefficient (Wildman–Crippen LogP) is 0.815. The number of rotatable bonds is 8. The van der Waals surface area contributed by atoms with Crippen molar-refractivity contribution >= 4 is 0 Å². The van der Waals surface area contributed by atoms with Crippen LogP contribution in [-0.2, 0) is 9.47 Å². The Morgan fingerprint density at radius 2 is 2.05 bits per heavy atom. The van der Waals surface area contributed by atoms with Gasteiger partial charge in [-0.2, -0.15) is 0 Å². The van der Waals surface area contributed by atoms with Gasteiger partial charge in [0.15, 0.2) is 0 Å². The SMILES string of the molecule is CCC1CN(C)CCCN1CC(O)COC(C)COC. The van der Waals surface area contributed by atoms with E-state index in [0.717, 1.165) is 26.1 Å². The van der Waals surface area contributed by atoms with E-state index in [1.54, 1.807) is 7.11 Å². The third-order valence-electron chi connectivity index (χ3n) is 3.91. The third kappa shape index (κ3) is 6.50. The van der Waals surface area contributed by atoms with Gasteiger partial charge in [0.05, 0.1) is 25.4 Å². The number of ether oxygens (including phenoxy) is 2. The molecule has 1 N–H and O–H groups in total. The van der Waals surface area contributed by atoms with Crippen molar-refractivity contribution in [1.29, 1.82) is 0 Å². The molecule has 0 spiro atoms. The molecular weight excluding hydrogens is 256 g/mol. The number of hydrogen-bond donors (Lipinski definition) is 1. The lowest BCUT2D eigenvalue weighted by molar-refractivity contribution is -0.0427. The molecule has 1 rings (SSSR count). The Labute approximate surface area is 123 Å². The first-order valence-electron chi connectivity index (χ1n) is 7.78. The summed E-state index contributed by atoms with van der Waals surface area (Å²) >= 11 is 0. The Kier molecular flexibility index (Phi) is 8.64. The molecule has 0 aliphatic carbocycles. The van der Waals surface area contributed by atoms with Crippen LogP contribution in [0.25, 0.3) is 0 Å². The highest BCUT2D eigenvalue weighted by atomic mass is 16.5. The molecule has 0 amide bonds. The first-order valence-corrected chi connectivity index (χ1v) is 7.78. The average Bonchev–Trinajstić information content (AvgIpc) is 2.58. The Morgan fingerprint density at radius 1 is 1.30 bits per heavy atom. The van der Waals surface area contributed by atoms with Crippen molar-refractivity contribution in [3.8, 4) is 0 Å². The molecule has 3 unspecified atom stereocenters. The number of hydrogen-bond acceptors (Lipinski definition) is 5. The van der Waals surface area contributed by atoms with Crippen LogP contribution in [-0.4, -0.2) is 86.7 Å². The van der Waals surface area contributed by atoms with Crippen molar-refractivity contribution in [1.82, 2.24) is 9.80 Å². The molecule has 0 aromatic carbocycles. The molecule has 1 saturated heterocycles. The summed E-state index contributed by atoms with van der Waals surface area (Å²) in [6, 6.07) is 0.536. The second kappa shape index (κ2) is 9.68. The second-order valence-corrected chi connectivity index (χ2v) is 5.93. The molecule has 1 fully saturated rings. The van der Waals surface area contributed by atoms with Crippen LogP contribution < -0.4 is 0 Å². The van der Waals surface area contributed by atoms with E-state index in [-0.39, 0.29) is 6.10 Å². The highest BCUT2D eigenvalue weighted by molar-refractivity contribution is 4.79. The second-order valence-electron chi connectivity index (χ2n) is 5.93. The summed E-state index contributed by atoms with van der Waals surface area (Å²) in [7, 11) is 3.84. The van der Waals surface area contributed by atoms with Gasteiger partial charge < -0.3 is 19.5 Å². The molecule has 1 aliphatic heterocycles. The molecule has 120 valence electrons. The van der Waals surface area contributed by atoms with Crippen LogP contribution in [0.15, 0.2) is 0 Å². The lowest BCUT2D eigenvalue weighted by Crippen LogP contribution is -2.44. The number of β-amino-alcohol motifs (C(OH)–C–C–N with tert-alkyl or cyclic N) is 1. The van der Waals surface area contributed by atoms with Crippen molar-refractivity contribution in [2.45, 2.75) is 44.9 Å². The number of methoxy groups -OCH3 is 1. The predicted molar refractivity (Wildman–Crippen MR) is 81.1 cm³/mol. The van der Waals surface area contributed by atoms with Crippen molar-refractivity contribution in [3.05, 3.63) is 0 Å². The van der Waals surface area contributed by atoms with Gasteiger partial charge in [0.2, 0.25) is 0 Å². The van der Waals surface area contributed by atoms with Gasteiger partial charge in [0.25, 0.3) is 0 Å². The van der Waals surface area contributed by atoms with Crippen LogP contribution in [0.1, 0.15) is 26.7 Å². The molecule has 3 atom stereocenters. The topological polar surface area (TPSA) is 45.2 Å². The Bertz CT molecular complexity index is 253. The maximum Gasteiger partial charge on any atom is 0.0900 e. The summed E-state index contributed by atoms with van der Waals surface area (Å²) in [5.41, 5.74) is 0. The molecule has 0 aromatic rings. The number of likely N-dealkylation sites (N-methyl/N-ethyl adjacent to an activating group) is 1. The summed E-state index contributed by atoms with van der Waals surface area (Å²) in [6.45, 7) is 9.13. The molecule has 5 heteroatoms. The van der Waals surface area contributed by atoms with Crippen LogP contribution in [0, 0.1) is 0 Å². The van der Waals surface area contributed by atoms with Gasteiger partial charge >= 0.3 is 0 Å². The quantitative estimate of drug-likeness (QED) is 0.716. The molecular formula is C15H32N2O3. The monoisotopic (exact) mass is 288 g/mol. The highest BCUT2D eigenvalue weighted by Crippen LogP contribution is 2.12. The molecule has 0 bridgehead atoms. The summed E-state index contributed by atoms with van der Waals surface area (Å²) in [6.07, 6.45) is 1.90. The van der Waals surface area contributed by atoms with E-state index >= 15 is 0 Å². The molecule has 0 saturated carbocycles. The van der Waals surface area contributed by atoms with Crippen molar-refractivity contribution in [2.75, 3.05) is 53.6 Å². The smallest absolute Gasteiger partial charge is 0.0900 e. The van der Waals surface area contributed by atoms with E-state index in [4.69, 9.17) is 9.47 Å². The largest absolute Gasteiger partial charge is 0.389 e. The zero-order chi connectivity index (χ0) is 15.0. The number of aliphatic hydroxyl groups excluding tert-OH is 1. The van der Waals surface area contributed by atoms with Crippen LogP contribution >= 0.6 is 0 Å². The maximum atomic E-state index is 10.2. The van der Waals surface area contributed by atoms with Crippen LogP contribution in [0.5, 0.6) is 0 Å². The third-order valence-corrected chi connectivity index (χ3v) is 3.91. The fourth-order valence-electron chi connectivity index (χ4n) is 2.80. The van der Waals surface area contributed by atoms with E-state index in [0.29, 0.717) is 25.8 Å². The minimum Gasteiger partial charge on any atom is -0.389 e. The number of aliphatic hydroxyl groups is 1. The summed E-state index contributed by atoms with van der Waals surface area (Å²) < 4.78 is 10.6. The Hall–Kier alpha value is -0.200. The minimum atomic E-state index is -0.424. The van der Waals surface area contributed by atoms with E-state index in [1.165, 1.54) is 6.42 Å². The van der Waals surface area contributed by atoms with Gasteiger partial charge in [-0.25, -0.2) is 0 Å². The van der Waals surface area contributed by atoms with E-state index in [2.05, 4.69) is 23.8 Å². The number of nitrogens with zero attached hydrogens (tertiary/aromatic N) is 2. The summed E-state index contributed by atoms with van der Waals surface area (Å²) in [5, 5.41) is 10.2. The van der Waals surface area contributed by atoms with E-state index in [9.17, 15) is 5.11 Å². The first-order chi connectivity index (χ1) is 9.56. The van der Waals surface area contributed by atoms with Gasteiger partial charge in [0, 0.05) is 26.2 Å². The Balaban J connectivity index is 2.36. The molecule has 1 aliphatic rings. The average molecular weight is 288 g/mol. The normalized spacial score (nSPS) is 25.4. The van der Waals surface area contributed by atoms with E-state index < -0.39 is 6.10 Å². The van der Waals surface area contributed by atoms with Gasteiger partial charge in [0.1, 0.15) is 0 Å². The van der Waals surface area contributed by atoms with E-state index in [1.807, 2.05) is 6.92 Å². The molecule has 0 aromatic heterocycles. The van der Waals surface area contributed by atoms with Gasteiger partial charge in [-0.3, -0.25) is 4.90 Å². The van der Waals surface area contributed by atoms with Crippen LogP contribution in [0.2, 0.25) is 0 Å². The standard InChI is InChI=1S/C15H32N2O3/c1-5-14-9-16(3)7-6-8-17(14)10-15(18)12-20-13(2)11-19-4/h13-15,18H,5-12H2,1-4H3. The maximum absolute atomic E-state index is 10.2. The summed E-state index contributed by atoms with van der Waals surface area (Å²) in [5.74, 6) is 0. The van der Waals surface area contributed by atoms with Crippen molar-refractivity contribution < 1.29 is 14.6 Å². The zero-order valence-electron chi connectivity index (χ0n) is 13.5. The highest BCUT2D eigenvalue weighted by Gasteiger charge is 2.24. The van der Waals surface area contributed by atoms with Gasteiger partial charge in [-0.05, 0) is 39.9 Å². The van der Waals surface area contributed by atoms with Crippen molar-refractivity contribution in [3.63, 3.8) is 0 Å². The van der Waals surface area contributed by atoms with Crippen LogP contribution in [0.4, 0.5) is 0 Å². The van der Waals surface area contributed by atoms with Gasteiger partial charge in [-0.15, -0.1) is 0 Å². The fraction of sp³-hybridized carbons (Fsp3) is 1.00.